The van der Waals surface area contributed by atoms with E-state index in [4.69, 9.17) is 34.8 Å². The van der Waals surface area contributed by atoms with Gasteiger partial charge in [-0.2, -0.15) is 0 Å². The molecule has 0 radical (unpaired) electrons. The Hall–Kier alpha value is -0.810. The molecule has 0 saturated carbocycles. The lowest BCUT2D eigenvalue weighted by molar-refractivity contribution is 0.102. The van der Waals surface area contributed by atoms with Crippen LogP contribution in [0.3, 0.4) is 0 Å². The highest BCUT2D eigenvalue weighted by atomic mass is 79.9. The quantitative estimate of drug-likeness (QED) is 0.550. The molecule has 7 heteroatoms. The molecular weight excluding hydrogens is 386 g/mol. The maximum absolute atomic E-state index is 12.2. The highest BCUT2D eigenvalue weighted by molar-refractivity contribution is 9.10. The van der Waals surface area contributed by atoms with Crippen LogP contribution in [0, 0.1) is 6.92 Å². The van der Waals surface area contributed by atoms with E-state index < -0.39 is 0 Å². The molecule has 104 valence electrons. The van der Waals surface area contributed by atoms with Gasteiger partial charge in [0, 0.05) is 15.7 Å². The van der Waals surface area contributed by atoms with Crippen LogP contribution in [-0.4, -0.2) is 10.9 Å². The van der Waals surface area contributed by atoms with Gasteiger partial charge in [0.25, 0.3) is 5.91 Å². The van der Waals surface area contributed by atoms with Crippen molar-refractivity contribution < 1.29 is 4.79 Å². The van der Waals surface area contributed by atoms with E-state index in [1.54, 1.807) is 25.1 Å². The number of aromatic nitrogens is 1. The highest BCUT2D eigenvalue weighted by Crippen LogP contribution is 2.36. The number of pyridine rings is 1. The molecule has 1 heterocycles. The first-order valence-electron chi connectivity index (χ1n) is 5.47. The SMILES string of the molecule is Cc1cc(C(=O)Nc2ccc(Br)c(Cl)c2Cl)cc(Cl)n1. The normalized spacial score (nSPS) is 10.4. The molecule has 1 aromatic carbocycles. The third-order valence-corrected chi connectivity index (χ3v) is 4.43. The van der Waals surface area contributed by atoms with E-state index >= 15 is 0 Å². The molecule has 0 saturated heterocycles. The van der Waals surface area contributed by atoms with Crippen molar-refractivity contribution in [2.24, 2.45) is 0 Å². The molecule has 0 bridgehead atoms. The van der Waals surface area contributed by atoms with Crippen molar-refractivity contribution in [3.63, 3.8) is 0 Å². The van der Waals surface area contributed by atoms with Crippen LogP contribution in [0.15, 0.2) is 28.7 Å². The predicted octanol–water partition coefficient (Wildman–Crippen LogP) is 5.37. The van der Waals surface area contributed by atoms with E-state index in [1.165, 1.54) is 6.07 Å². The summed E-state index contributed by atoms with van der Waals surface area (Å²) in [6, 6.07) is 6.48. The average molecular weight is 394 g/mol. The standard InChI is InChI=1S/C13H8BrCl3N2O/c1-6-4-7(5-10(15)18-6)13(20)19-9-3-2-8(14)11(16)12(9)17/h2-5H,1H3,(H,19,20). The first-order valence-corrected chi connectivity index (χ1v) is 7.40. The van der Waals surface area contributed by atoms with Crippen LogP contribution in [0.2, 0.25) is 15.2 Å². The maximum atomic E-state index is 12.2. The Morgan fingerprint density at radius 1 is 1.20 bits per heavy atom. The Morgan fingerprint density at radius 2 is 1.90 bits per heavy atom. The van der Waals surface area contributed by atoms with Crippen LogP contribution in [0.25, 0.3) is 0 Å². The fourth-order valence-corrected chi connectivity index (χ4v) is 2.65. The molecule has 0 aliphatic rings. The lowest BCUT2D eigenvalue weighted by Gasteiger charge is -2.10. The van der Waals surface area contributed by atoms with Gasteiger partial charge < -0.3 is 5.32 Å². The highest BCUT2D eigenvalue weighted by Gasteiger charge is 2.13. The second-order valence-corrected chi connectivity index (χ2v) is 5.99. The van der Waals surface area contributed by atoms with E-state index in [0.717, 1.165) is 0 Å². The predicted molar refractivity (Wildman–Crippen MR) is 86.1 cm³/mol. The van der Waals surface area contributed by atoms with Gasteiger partial charge in [-0.05, 0) is 47.1 Å². The molecule has 20 heavy (non-hydrogen) atoms. The largest absolute Gasteiger partial charge is 0.321 e. The first-order chi connectivity index (χ1) is 9.38. The minimum Gasteiger partial charge on any atom is -0.321 e. The summed E-state index contributed by atoms with van der Waals surface area (Å²) in [6.45, 7) is 1.76. The maximum Gasteiger partial charge on any atom is 0.255 e. The van der Waals surface area contributed by atoms with Gasteiger partial charge in [-0.15, -0.1) is 0 Å². The fraction of sp³-hybridized carbons (Fsp3) is 0.0769. The number of nitrogens with one attached hydrogen (secondary N) is 1. The zero-order valence-corrected chi connectivity index (χ0v) is 14.0. The molecule has 1 amide bonds. The Morgan fingerprint density at radius 3 is 2.55 bits per heavy atom. The third kappa shape index (κ3) is 3.44. The minimum absolute atomic E-state index is 0.259. The van der Waals surface area contributed by atoms with Gasteiger partial charge in [-0.25, -0.2) is 4.98 Å². The van der Waals surface area contributed by atoms with Gasteiger partial charge >= 0.3 is 0 Å². The zero-order valence-electron chi connectivity index (χ0n) is 10.2. The van der Waals surface area contributed by atoms with E-state index in [0.29, 0.717) is 26.4 Å². The summed E-state index contributed by atoms with van der Waals surface area (Å²) in [6.07, 6.45) is 0. The van der Waals surface area contributed by atoms with Gasteiger partial charge in [0.05, 0.1) is 15.7 Å². The Bertz CT molecular complexity index is 671. The van der Waals surface area contributed by atoms with Gasteiger partial charge in [0.2, 0.25) is 0 Å². The zero-order chi connectivity index (χ0) is 14.9. The van der Waals surface area contributed by atoms with Crippen LogP contribution < -0.4 is 5.32 Å². The van der Waals surface area contributed by atoms with Crippen LogP contribution in [0.4, 0.5) is 5.69 Å². The number of carbonyl (C=O) groups is 1. The number of benzene rings is 1. The molecule has 0 aliphatic carbocycles. The number of carbonyl (C=O) groups excluding carboxylic acids is 1. The summed E-state index contributed by atoms with van der Waals surface area (Å²) in [7, 11) is 0. The lowest BCUT2D eigenvalue weighted by Crippen LogP contribution is -2.13. The monoisotopic (exact) mass is 392 g/mol. The van der Waals surface area contributed by atoms with E-state index in [1.807, 2.05) is 0 Å². The summed E-state index contributed by atoms with van der Waals surface area (Å²) < 4.78 is 0.657. The van der Waals surface area contributed by atoms with Crippen molar-refractivity contribution in [2.45, 2.75) is 6.92 Å². The molecule has 0 fully saturated rings. The average Bonchev–Trinajstić information content (AvgIpc) is 2.38. The van der Waals surface area contributed by atoms with Crippen molar-refractivity contribution >= 4 is 62.3 Å². The molecule has 2 rings (SSSR count). The molecule has 1 aromatic heterocycles. The summed E-state index contributed by atoms with van der Waals surface area (Å²) in [5.74, 6) is -0.335. The van der Waals surface area contributed by atoms with Gasteiger partial charge in [0.1, 0.15) is 5.15 Å². The van der Waals surface area contributed by atoms with Crippen molar-refractivity contribution in [2.75, 3.05) is 5.32 Å². The summed E-state index contributed by atoms with van der Waals surface area (Å²) >= 11 is 21.2. The van der Waals surface area contributed by atoms with E-state index in [-0.39, 0.29) is 16.1 Å². The molecule has 3 nitrogen and oxygen atoms in total. The lowest BCUT2D eigenvalue weighted by atomic mass is 10.2. The molecule has 0 spiro atoms. The molecule has 2 aromatic rings. The molecule has 0 atom stereocenters. The van der Waals surface area contributed by atoms with Crippen LogP contribution in [0.5, 0.6) is 0 Å². The molecule has 1 N–H and O–H groups in total. The topological polar surface area (TPSA) is 42.0 Å². The van der Waals surface area contributed by atoms with Gasteiger partial charge in [-0.1, -0.05) is 34.8 Å². The Labute approximate surface area is 139 Å². The van der Waals surface area contributed by atoms with Crippen molar-refractivity contribution in [3.05, 3.63) is 55.2 Å². The summed E-state index contributed by atoms with van der Waals surface area (Å²) in [5.41, 5.74) is 1.48. The number of nitrogens with zero attached hydrogens (tertiary/aromatic N) is 1. The van der Waals surface area contributed by atoms with Crippen molar-refractivity contribution in [3.8, 4) is 0 Å². The van der Waals surface area contributed by atoms with Crippen LogP contribution in [-0.2, 0) is 0 Å². The van der Waals surface area contributed by atoms with Crippen LogP contribution >= 0.6 is 50.7 Å². The van der Waals surface area contributed by atoms with Gasteiger partial charge in [0.15, 0.2) is 0 Å². The Balaban J connectivity index is 2.30. The van der Waals surface area contributed by atoms with Crippen molar-refractivity contribution in [1.82, 2.24) is 4.98 Å². The molecular formula is C13H8BrCl3N2O. The Kier molecular flexibility index (Phi) is 4.91. The number of anilines is 1. The van der Waals surface area contributed by atoms with E-state index in [9.17, 15) is 4.79 Å². The summed E-state index contributed by atoms with van der Waals surface area (Å²) in [4.78, 5) is 16.2. The second-order valence-electron chi connectivity index (χ2n) is 4.00. The van der Waals surface area contributed by atoms with Crippen LogP contribution in [0.1, 0.15) is 16.1 Å². The number of hydrogen-bond donors (Lipinski definition) is 1. The number of aryl methyl sites for hydroxylation is 1. The number of amides is 1. The second kappa shape index (κ2) is 6.31. The minimum atomic E-state index is -0.335. The fourth-order valence-electron chi connectivity index (χ4n) is 1.58. The van der Waals surface area contributed by atoms with Gasteiger partial charge in [-0.3, -0.25) is 4.79 Å². The summed E-state index contributed by atoms with van der Waals surface area (Å²) in [5, 5.41) is 3.56. The molecule has 0 unspecified atom stereocenters. The van der Waals surface area contributed by atoms with E-state index in [2.05, 4.69) is 26.2 Å². The number of hydrogen-bond acceptors (Lipinski definition) is 2. The number of halogens is 4. The molecule has 0 aliphatic heterocycles. The van der Waals surface area contributed by atoms with Crippen molar-refractivity contribution in [1.29, 1.82) is 0 Å². The smallest absolute Gasteiger partial charge is 0.255 e. The first kappa shape index (κ1) is 15.6. The number of rotatable bonds is 2. The third-order valence-electron chi connectivity index (χ3n) is 2.47.